The lowest BCUT2D eigenvalue weighted by Crippen LogP contribution is -1.98. The van der Waals surface area contributed by atoms with Crippen molar-refractivity contribution in [2.45, 2.75) is 13.5 Å². The van der Waals surface area contributed by atoms with Crippen LogP contribution in [-0.2, 0) is 11.3 Å². The van der Waals surface area contributed by atoms with Gasteiger partial charge >= 0.3 is 0 Å². The summed E-state index contributed by atoms with van der Waals surface area (Å²) in [5.74, 6) is 1.39. The molecule has 2 aromatic rings. The second-order valence-corrected chi connectivity index (χ2v) is 3.39. The highest BCUT2D eigenvalue weighted by molar-refractivity contribution is 5.50. The van der Waals surface area contributed by atoms with E-state index in [1.54, 1.807) is 19.5 Å². The summed E-state index contributed by atoms with van der Waals surface area (Å²) in [5, 5.41) is 9.92. The minimum absolute atomic E-state index is 0.467. The van der Waals surface area contributed by atoms with Crippen molar-refractivity contribution in [3.63, 3.8) is 0 Å². The van der Waals surface area contributed by atoms with Crippen LogP contribution in [0.2, 0.25) is 0 Å². The van der Waals surface area contributed by atoms with E-state index >= 15 is 0 Å². The van der Waals surface area contributed by atoms with Crippen LogP contribution >= 0.6 is 0 Å². The molecule has 2 rings (SSSR count). The van der Waals surface area contributed by atoms with Crippen molar-refractivity contribution in [1.82, 2.24) is 20.2 Å². The van der Waals surface area contributed by atoms with Gasteiger partial charge < -0.3 is 10.1 Å². The number of nitrogens with one attached hydrogen (secondary N) is 2. The second-order valence-electron chi connectivity index (χ2n) is 3.39. The minimum Gasteiger partial charge on any atom is -0.378 e. The molecule has 84 valence electrons. The van der Waals surface area contributed by atoms with Crippen LogP contribution < -0.4 is 5.32 Å². The zero-order chi connectivity index (χ0) is 11.4. The Morgan fingerprint density at radius 1 is 1.31 bits per heavy atom. The van der Waals surface area contributed by atoms with E-state index in [0.717, 1.165) is 17.2 Å². The molecule has 0 spiro atoms. The van der Waals surface area contributed by atoms with Crippen molar-refractivity contribution in [2.24, 2.45) is 0 Å². The third kappa shape index (κ3) is 2.54. The number of anilines is 2. The average Bonchev–Trinajstić information content (AvgIpc) is 2.67. The lowest BCUT2D eigenvalue weighted by atomic mass is 10.4. The van der Waals surface area contributed by atoms with Gasteiger partial charge in [-0.05, 0) is 6.92 Å². The fraction of sp³-hybridized carbons (Fsp3) is 0.300. The molecule has 0 fully saturated rings. The van der Waals surface area contributed by atoms with Crippen LogP contribution in [0.15, 0.2) is 18.5 Å². The van der Waals surface area contributed by atoms with E-state index in [1.807, 2.05) is 13.0 Å². The Bertz CT molecular complexity index is 450. The summed E-state index contributed by atoms with van der Waals surface area (Å²) in [6.07, 6.45) is 3.32. The van der Waals surface area contributed by atoms with Gasteiger partial charge in [-0.1, -0.05) is 0 Å². The van der Waals surface area contributed by atoms with Gasteiger partial charge in [0.1, 0.15) is 5.82 Å². The number of nitrogens with zero attached hydrogens (tertiary/aromatic N) is 3. The van der Waals surface area contributed by atoms with Crippen LogP contribution in [-0.4, -0.2) is 27.3 Å². The van der Waals surface area contributed by atoms with Gasteiger partial charge in [-0.15, -0.1) is 0 Å². The molecule has 0 aliphatic rings. The molecule has 6 nitrogen and oxygen atoms in total. The molecule has 0 unspecified atom stereocenters. The maximum Gasteiger partial charge on any atom is 0.153 e. The Kier molecular flexibility index (Phi) is 3.11. The van der Waals surface area contributed by atoms with Gasteiger partial charge in [0.15, 0.2) is 5.82 Å². The fourth-order valence-electron chi connectivity index (χ4n) is 1.26. The molecule has 0 saturated heterocycles. The van der Waals surface area contributed by atoms with E-state index < -0.39 is 0 Å². The van der Waals surface area contributed by atoms with Crippen LogP contribution in [0, 0.1) is 6.92 Å². The third-order valence-electron chi connectivity index (χ3n) is 1.96. The molecule has 2 heterocycles. The van der Waals surface area contributed by atoms with Crippen molar-refractivity contribution in [1.29, 1.82) is 0 Å². The van der Waals surface area contributed by atoms with Gasteiger partial charge in [0.05, 0.1) is 24.7 Å². The molecule has 16 heavy (non-hydrogen) atoms. The van der Waals surface area contributed by atoms with Crippen molar-refractivity contribution in [2.75, 3.05) is 12.4 Å². The van der Waals surface area contributed by atoms with E-state index in [4.69, 9.17) is 4.74 Å². The quantitative estimate of drug-likeness (QED) is 0.812. The highest BCUT2D eigenvalue weighted by atomic mass is 16.5. The standard InChI is InChI=1S/C10H13N5O/c1-7-3-9(15-14-7)13-10-5-11-8(4-12-10)6-16-2/h3-5H,6H2,1-2H3,(H2,12,13,14,15). The predicted octanol–water partition coefficient (Wildman–Crippen LogP) is 1.40. The number of methoxy groups -OCH3 is 1. The number of ether oxygens (including phenoxy) is 1. The largest absolute Gasteiger partial charge is 0.378 e. The molecule has 0 aromatic carbocycles. The van der Waals surface area contributed by atoms with Gasteiger partial charge in [-0.2, -0.15) is 5.10 Å². The van der Waals surface area contributed by atoms with Crippen molar-refractivity contribution < 1.29 is 4.74 Å². The molecule has 0 radical (unpaired) electrons. The monoisotopic (exact) mass is 219 g/mol. The molecule has 0 saturated carbocycles. The first-order valence-electron chi connectivity index (χ1n) is 4.87. The Morgan fingerprint density at radius 3 is 2.75 bits per heavy atom. The SMILES string of the molecule is COCc1cnc(Nc2cc(C)[nH]n2)cn1. The first kappa shape index (κ1) is 10.6. The summed E-state index contributed by atoms with van der Waals surface area (Å²) >= 11 is 0. The number of aromatic nitrogens is 4. The summed E-state index contributed by atoms with van der Waals surface area (Å²) in [7, 11) is 1.63. The third-order valence-corrected chi connectivity index (χ3v) is 1.96. The van der Waals surface area contributed by atoms with E-state index in [-0.39, 0.29) is 0 Å². The Hall–Kier alpha value is -1.95. The van der Waals surface area contributed by atoms with Crippen molar-refractivity contribution in [3.05, 3.63) is 29.8 Å². The predicted molar refractivity (Wildman–Crippen MR) is 59.4 cm³/mol. The molecular weight excluding hydrogens is 206 g/mol. The maximum absolute atomic E-state index is 4.95. The van der Waals surface area contributed by atoms with Gasteiger partial charge in [-0.3, -0.25) is 10.1 Å². The summed E-state index contributed by atoms with van der Waals surface area (Å²) in [4.78, 5) is 8.38. The lowest BCUT2D eigenvalue weighted by molar-refractivity contribution is 0.181. The highest BCUT2D eigenvalue weighted by Gasteiger charge is 2.00. The molecule has 6 heteroatoms. The summed E-state index contributed by atoms with van der Waals surface area (Å²) in [5.41, 5.74) is 1.79. The van der Waals surface area contributed by atoms with Crippen LogP contribution in [0.4, 0.5) is 11.6 Å². The summed E-state index contributed by atoms with van der Waals surface area (Å²) < 4.78 is 4.95. The molecule has 2 aromatic heterocycles. The molecule has 0 bridgehead atoms. The average molecular weight is 219 g/mol. The molecule has 0 amide bonds. The zero-order valence-electron chi connectivity index (χ0n) is 9.19. The van der Waals surface area contributed by atoms with Gasteiger partial charge in [0.25, 0.3) is 0 Å². The number of rotatable bonds is 4. The fourth-order valence-corrected chi connectivity index (χ4v) is 1.26. The topological polar surface area (TPSA) is 75.7 Å². The molecule has 0 aliphatic heterocycles. The van der Waals surface area contributed by atoms with Crippen molar-refractivity contribution >= 4 is 11.6 Å². The molecular formula is C10H13N5O. The summed E-state index contributed by atoms with van der Waals surface area (Å²) in [6.45, 7) is 2.40. The van der Waals surface area contributed by atoms with Crippen LogP contribution in [0.25, 0.3) is 0 Å². The minimum atomic E-state index is 0.467. The molecule has 2 N–H and O–H groups in total. The van der Waals surface area contributed by atoms with Crippen molar-refractivity contribution in [3.8, 4) is 0 Å². The van der Waals surface area contributed by atoms with E-state index in [2.05, 4.69) is 25.5 Å². The normalized spacial score (nSPS) is 10.4. The Balaban J connectivity index is 2.05. The van der Waals surface area contributed by atoms with Crippen LogP contribution in [0.5, 0.6) is 0 Å². The first-order valence-corrected chi connectivity index (χ1v) is 4.87. The number of H-pyrrole nitrogens is 1. The van der Waals surface area contributed by atoms with Crippen LogP contribution in [0.3, 0.4) is 0 Å². The van der Waals surface area contributed by atoms with Gasteiger partial charge in [-0.25, -0.2) is 4.98 Å². The maximum atomic E-state index is 4.95. The molecule has 0 aliphatic carbocycles. The zero-order valence-corrected chi connectivity index (χ0v) is 9.19. The summed E-state index contributed by atoms with van der Waals surface area (Å²) in [6, 6.07) is 1.89. The van der Waals surface area contributed by atoms with E-state index in [0.29, 0.717) is 12.4 Å². The number of aromatic amines is 1. The molecule has 0 atom stereocenters. The number of aryl methyl sites for hydroxylation is 1. The Morgan fingerprint density at radius 2 is 2.19 bits per heavy atom. The second kappa shape index (κ2) is 4.71. The van der Waals surface area contributed by atoms with E-state index in [1.165, 1.54) is 0 Å². The van der Waals surface area contributed by atoms with Crippen LogP contribution in [0.1, 0.15) is 11.4 Å². The van der Waals surface area contributed by atoms with E-state index in [9.17, 15) is 0 Å². The number of hydrogen-bond acceptors (Lipinski definition) is 5. The van der Waals surface area contributed by atoms with Gasteiger partial charge in [0, 0.05) is 18.9 Å². The smallest absolute Gasteiger partial charge is 0.153 e. The highest BCUT2D eigenvalue weighted by Crippen LogP contribution is 2.11. The van der Waals surface area contributed by atoms with Gasteiger partial charge in [0.2, 0.25) is 0 Å². The number of hydrogen-bond donors (Lipinski definition) is 2. The Labute approximate surface area is 93.1 Å². The first-order chi connectivity index (χ1) is 7.78. The lowest BCUT2D eigenvalue weighted by Gasteiger charge is -2.02.